The molecule has 112 valence electrons. The van der Waals surface area contributed by atoms with Crippen molar-refractivity contribution in [3.63, 3.8) is 0 Å². The molecule has 0 fully saturated rings. The van der Waals surface area contributed by atoms with Crippen LogP contribution >= 0.6 is 0 Å². The zero-order chi connectivity index (χ0) is 15.3. The predicted octanol–water partition coefficient (Wildman–Crippen LogP) is 3.50. The predicted molar refractivity (Wildman–Crippen MR) is 83.0 cm³/mol. The van der Waals surface area contributed by atoms with Crippen LogP contribution < -0.4 is 5.32 Å². The van der Waals surface area contributed by atoms with Crippen LogP contribution in [0.4, 0.5) is 11.4 Å². The van der Waals surface area contributed by atoms with Crippen molar-refractivity contribution in [2.75, 3.05) is 25.5 Å². The number of nitrogens with one attached hydrogen (secondary N) is 1. The van der Waals surface area contributed by atoms with Crippen molar-refractivity contribution in [3.8, 4) is 0 Å². The van der Waals surface area contributed by atoms with Crippen molar-refractivity contribution in [1.29, 1.82) is 0 Å². The average Bonchev–Trinajstić information content (AvgIpc) is 2.28. The van der Waals surface area contributed by atoms with Crippen LogP contribution in [0.2, 0.25) is 0 Å². The van der Waals surface area contributed by atoms with Crippen LogP contribution in [0.15, 0.2) is 18.2 Å². The van der Waals surface area contributed by atoms with Gasteiger partial charge in [0.05, 0.1) is 4.92 Å². The number of hydrogen-bond donors (Lipinski definition) is 1. The van der Waals surface area contributed by atoms with Gasteiger partial charge in [0.2, 0.25) is 0 Å². The summed E-state index contributed by atoms with van der Waals surface area (Å²) in [4.78, 5) is 13.0. The summed E-state index contributed by atoms with van der Waals surface area (Å²) in [6, 6.07) is 5.41. The molecular formula is C15H25N3O2. The molecule has 1 aromatic carbocycles. The Morgan fingerprint density at radius 2 is 2.00 bits per heavy atom. The van der Waals surface area contributed by atoms with Crippen molar-refractivity contribution in [1.82, 2.24) is 4.90 Å². The van der Waals surface area contributed by atoms with Gasteiger partial charge in [-0.2, -0.15) is 0 Å². The maximum absolute atomic E-state index is 11.1. The van der Waals surface area contributed by atoms with E-state index in [1.165, 1.54) is 0 Å². The lowest BCUT2D eigenvalue weighted by atomic mass is 9.96. The highest BCUT2D eigenvalue weighted by atomic mass is 16.6. The highest BCUT2D eigenvalue weighted by Crippen LogP contribution is 2.26. The van der Waals surface area contributed by atoms with Gasteiger partial charge in [0.25, 0.3) is 5.69 Å². The van der Waals surface area contributed by atoms with Gasteiger partial charge in [0, 0.05) is 25.7 Å². The molecule has 1 rings (SSSR count). The van der Waals surface area contributed by atoms with Gasteiger partial charge < -0.3 is 10.2 Å². The molecule has 0 saturated heterocycles. The Labute approximate surface area is 121 Å². The quantitative estimate of drug-likeness (QED) is 0.639. The van der Waals surface area contributed by atoms with Gasteiger partial charge in [-0.15, -0.1) is 0 Å². The van der Waals surface area contributed by atoms with Crippen LogP contribution in [0.5, 0.6) is 0 Å². The first-order valence-electron chi connectivity index (χ1n) is 6.92. The molecule has 1 N–H and O–H groups in total. The van der Waals surface area contributed by atoms with Crippen LogP contribution in [0, 0.1) is 15.5 Å². The Balaban J connectivity index is 2.87. The molecule has 0 radical (unpaired) electrons. The number of hydrogen-bond acceptors (Lipinski definition) is 4. The highest BCUT2D eigenvalue weighted by molar-refractivity contribution is 5.62. The van der Waals surface area contributed by atoms with Crippen molar-refractivity contribution < 1.29 is 4.92 Å². The molecule has 20 heavy (non-hydrogen) atoms. The van der Waals surface area contributed by atoms with Crippen LogP contribution in [-0.4, -0.2) is 30.0 Å². The molecular weight excluding hydrogens is 254 g/mol. The number of rotatable bonds is 6. The number of nitro groups is 1. The molecule has 0 unspecified atom stereocenters. The van der Waals surface area contributed by atoms with Gasteiger partial charge in [-0.25, -0.2) is 0 Å². The molecule has 5 nitrogen and oxygen atoms in total. The Hall–Kier alpha value is -1.62. The minimum absolute atomic E-state index is 0.147. The van der Waals surface area contributed by atoms with E-state index < -0.39 is 0 Å². The first-order chi connectivity index (χ1) is 9.23. The van der Waals surface area contributed by atoms with E-state index in [0.29, 0.717) is 18.8 Å². The molecule has 0 atom stereocenters. The third-order valence-corrected chi connectivity index (χ3v) is 2.82. The first kappa shape index (κ1) is 16.4. The van der Waals surface area contributed by atoms with Gasteiger partial charge in [0.1, 0.15) is 5.69 Å². The molecule has 0 aromatic heterocycles. The van der Waals surface area contributed by atoms with Crippen molar-refractivity contribution in [2.24, 2.45) is 5.41 Å². The SMILES string of the molecule is CCNc1ccc(CN(C)CC(C)(C)C)cc1[N+](=O)[O-]. The molecule has 0 spiro atoms. The molecule has 1 aromatic rings. The average molecular weight is 279 g/mol. The summed E-state index contributed by atoms with van der Waals surface area (Å²) in [7, 11) is 2.04. The van der Waals surface area contributed by atoms with Crippen molar-refractivity contribution in [3.05, 3.63) is 33.9 Å². The summed E-state index contributed by atoms with van der Waals surface area (Å²) in [6.45, 7) is 10.8. The highest BCUT2D eigenvalue weighted by Gasteiger charge is 2.17. The lowest BCUT2D eigenvalue weighted by molar-refractivity contribution is -0.384. The van der Waals surface area contributed by atoms with Crippen LogP contribution in [-0.2, 0) is 6.54 Å². The third kappa shape index (κ3) is 5.17. The van der Waals surface area contributed by atoms with Crippen LogP contribution in [0.3, 0.4) is 0 Å². The molecule has 0 heterocycles. The second kappa shape index (κ2) is 6.70. The maximum Gasteiger partial charge on any atom is 0.292 e. The summed E-state index contributed by atoms with van der Waals surface area (Å²) >= 11 is 0. The summed E-state index contributed by atoms with van der Waals surface area (Å²) < 4.78 is 0. The largest absolute Gasteiger partial charge is 0.380 e. The van der Waals surface area contributed by atoms with Gasteiger partial charge in [0.15, 0.2) is 0 Å². The molecule has 0 bridgehead atoms. The van der Waals surface area contributed by atoms with Crippen molar-refractivity contribution >= 4 is 11.4 Å². The van der Waals surface area contributed by atoms with E-state index in [4.69, 9.17) is 0 Å². The van der Waals surface area contributed by atoms with E-state index in [1.807, 2.05) is 20.0 Å². The molecule has 0 aliphatic rings. The van der Waals surface area contributed by atoms with E-state index >= 15 is 0 Å². The fourth-order valence-electron chi connectivity index (χ4n) is 2.34. The summed E-state index contributed by atoms with van der Waals surface area (Å²) in [5, 5.41) is 14.1. The standard InChI is InChI=1S/C15H25N3O2/c1-6-16-13-8-7-12(9-14(13)18(19)20)10-17(5)11-15(2,3)4/h7-9,16H,6,10-11H2,1-5H3. The maximum atomic E-state index is 11.1. The Morgan fingerprint density at radius 3 is 2.50 bits per heavy atom. The fourth-order valence-corrected chi connectivity index (χ4v) is 2.34. The van der Waals surface area contributed by atoms with Gasteiger partial charge in [-0.1, -0.05) is 26.8 Å². The molecule has 0 aliphatic carbocycles. The molecule has 0 saturated carbocycles. The second-order valence-corrected chi connectivity index (χ2v) is 6.37. The van der Waals surface area contributed by atoms with E-state index in [9.17, 15) is 10.1 Å². The molecule has 0 amide bonds. The number of anilines is 1. The fraction of sp³-hybridized carbons (Fsp3) is 0.600. The third-order valence-electron chi connectivity index (χ3n) is 2.82. The number of nitrogens with zero attached hydrogens (tertiary/aromatic N) is 2. The molecule has 5 heteroatoms. The summed E-state index contributed by atoms with van der Waals surface area (Å²) in [6.07, 6.45) is 0. The normalized spacial score (nSPS) is 11.7. The second-order valence-electron chi connectivity index (χ2n) is 6.37. The van der Waals surface area contributed by atoms with Gasteiger partial charge in [-0.05, 0) is 31.0 Å². The topological polar surface area (TPSA) is 58.4 Å². The van der Waals surface area contributed by atoms with E-state index in [0.717, 1.165) is 12.1 Å². The first-order valence-corrected chi connectivity index (χ1v) is 6.92. The van der Waals surface area contributed by atoms with Crippen LogP contribution in [0.25, 0.3) is 0 Å². The van der Waals surface area contributed by atoms with E-state index in [1.54, 1.807) is 12.1 Å². The molecule has 0 aliphatic heterocycles. The van der Waals surface area contributed by atoms with Gasteiger partial charge >= 0.3 is 0 Å². The van der Waals surface area contributed by atoms with Gasteiger partial charge in [-0.3, -0.25) is 10.1 Å². The smallest absolute Gasteiger partial charge is 0.292 e. The Kier molecular flexibility index (Phi) is 5.51. The van der Waals surface area contributed by atoms with Crippen molar-refractivity contribution in [2.45, 2.75) is 34.2 Å². The monoisotopic (exact) mass is 279 g/mol. The minimum atomic E-state index is -0.328. The zero-order valence-corrected chi connectivity index (χ0v) is 13.1. The Morgan fingerprint density at radius 1 is 1.35 bits per heavy atom. The summed E-state index contributed by atoms with van der Waals surface area (Å²) in [5.41, 5.74) is 1.91. The zero-order valence-electron chi connectivity index (χ0n) is 13.1. The number of benzene rings is 1. The number of nitro benzene ring substituents is 1. The minimum Gasteiger partial charge on any atom is -0.380 e. The Bertz CT molecular complexity index is 467. The lowest BCUT2D eigenvalue weighted by Crippen LogP contribution is -2.28. The van der Waals surface area contributed by atoms with E-state index in [-0.39, 0.29) is 16.0 Å². The van der Waals surface area contributed by atoms with Crippen LogP contribution in [0.1, 0.15) is 33.3 Å². The van der Waals surface area contributed by atoms with E-state index in [2.05, 4.69) is 31.0 Å². The summed E-state index contributed by atoms with van der Waals surface area (Å²) in [5.74, 6) is 0. The lowest BCUT2D eigenvalue weighted by Gasteiger charge is -2.26.